The van der Waals surface area contributed by atoms with Gasteiger partial charge in [0.15, 0.2) is 0 Å². The monoisotopic (exact) mass is 251 g/mol. The van der Waals surface area contributed by atoms with Gasteiger partial charge in [-0.15, -0.1) is 11.8 Å². The minimum Gasteiger partial charge on any atom is -0.497 e. The third-order valence-electron chi connectivity index (χ3n) is 3.26. The summed E-state index contributed by atoms with van der Waals surface area (Å²) >= 11 is 1.98. The number of rotatable bonds is 4. The first-order chi connectivity index (χ1) is 8.29. The lowest BCUT2D eigenvalue weighted by Gasteiger charge is -2.22. The van der Waals surface area contributed by atoms with Crippen molar-refractivity contribution in [3.8, 4) is 5.75 Å². The van der Waals surface area contributed by atoms with Crippen molar-refractivity contribution in [3.63, 3.8) is 0 Å². The van der Waals surface area contributed by atoms with Crippen molar-refractivity contribution in [1.29, 1.82) is 0 Å². The van der Waals surface area contributed by atoms with Crippen molar-refractivity contribution in [1.82, 2.24) is 5.32 Å². The molecule has 1 fully saturated rings. The van der Waals surface area contributed by atoms with E-state index in [0.29, 0.717) is 0 Å². The molecule has 0 bridgehead atoms. The molecule has 94 valence electrons. The lowest BCUT2D eigenvalue weighted by atomic mass is 10.0. The quantitative estimate of drug-likeness (QED) is 0.831. The highest BCUT2D eigenvalue weighted by Crippen LogP contribution is 2.28. The van der Waals surface area contributed by atoms with E-state index in [0.717, 1.165) is 11.7 Å². The van der Waals surface area contributed by atoms with Gasteiger partial charge >= 0.3 is 0 Å². The van der Waals surface area contributed by atoms with E-state index in [-0.39, 0.29) is 0 Å². The second-order valence-corrected chi connectivity index (χ2v) is 5.72. The van der Waals surface area contributed by atoms with Crippen LogP contribution in [0.2, 0.25) is 0 Å². The number of nitrogens with one attached hydrogen (secondary N) is 1. The first kappa shape index (κ1) is 12.8. The van der Waals surface area contributed by atoms with E-state index in [2.05, 4.69) is 30.4 Å². The molecular weight excluding hydrogens is 230 g/mol. The highest BCUT2D eigenvalue weighted by atomic mass is 32.2. The number of thioether (sulfide) groups is 1. The van der Waals surface area contributed by atoms with Gasteiger partial charge in [0, 0.05) is 10.6 Å². The normalized spacial score (nSPS) is 20.2. The zero-order valence-electron chi connectivity index (χ0n) is 10.7. The van der Waals surface area contributed by atoms with Gasteiger partial charge in [0.2, 0.25) is 0 Å². The highest BCUT2D eigenvalue weighted by Gasteiger charge is 2.13. The Morgan fingerprint density at radius 3 is 3.00 bits per heavy atom. The highest BCUT2D eigenvalue weighted by molar-refractivity contribution is 7.99. The summed E-state index contributed by atoms with van der Waals surface area (Å²) in [6.07, 6.45) is 2.70. The fourth-order valence-electron chi connectivity index (χ4n) is 2.18. The topological polar surface area (TPSA) is 21.3 Å². The predicted octanol–water partition coefficient (Wildman–Crippen LogP) is 3.10. The third kappa shape index (κ3) is 3.65. The zero-order valence-corrected chi connectivity index (χ0v) is 11.5. The van der Waals surface area contributed by atoms with Crippen LogP contribution in [0.25, 0.3) is 0 Å². The van der Waals surface area contributed by atoms with Gasteiger partial charge in [-0.2, -0.15) is 0 Å². The van der Waals surface area contributed by atoms with Crippen molar-refractivity contribution in [3.05, 3.63) is 23.8 Å². The first-order valence-electron chi connectivity index (χ1n) is 6.28. The van der Waals surface area contributed by atoms with Crippen molar-refractivity contribution in [2.24, 2.45) is 5.92 Å². The Morgan fingerprint density at radius 1 is 1.47 bits per heavy atom. The number of hydrogen-bond acceptors (Lipinski definition) is 3. The summed E-state index contributed by atoms with van der Waals surface area (Å²) in [5.74, 6) is 3.00. The van der Waals surface area contributed by atoms with Gasteiger partial charge in [0.1, 0.15) is 5.75 Å². The molecule has 0 radical (unpaired) electrons. The molecule has 0 aliphatic carbocycles. The molecule has 0 saturated carbocycles. The Balaban J connectivity index is 1.89. The maximum absolute atomic E-state index is 5.23. The number of hydrogen-bond donors (Lipinski definition) is 1. The van der Waals surface area contributed by atoms with Crippen LogP contribution in [0.15, 0.2) is 23.1 Å². The second kappa shape index (κ2) is 6.31. The van der Waals surface area contributed by atoms with E-state index < -0.39 is 0 Å². The van der Waals surface area contributed by atoms with Crippen LogP contribution >= 0.6 is 11.8 Å². The third-order valence-corrected chi connectivity index (χ3v) is 4.66. The largest absolute Gasteiger partial charge is 0.497 e. The summed E-state index contributed by atoms with van der Waals surface area (Å²) in [5.41, 5.74) is 1.32. The number of ether oxygens (including phenoxy) is 1. The summed E-state index contributed by atoms with van der Waals surface area (Å²) in [4.78, 5) is 1.39. The molecule has 1 aliphatic rings. The van der Waals surface area contributed by atoms with Crippen LogP contribution in [0.5, 0.6) is 5.75 Å². The van der Waals surface area contributed by atoms with Crippen LogP contribution in [-0.4, -0.2) is 26.0 Å². The summed E-state index contributed by atoms with van der Waals surface area (Å²) < 4.78 is 5.23. The maximum atomic E-state index is 5.23. The number of piperidine rings is 1. The molecule has 1 atom stereocenters. The van der Waals surface area contributed by atoms with Crippen LogP contribution < -0.4 is 10.1 Å². The standard InChI is InChI=1S/C14H21NOS/c1-11-8-13(16-2)5-6-14(11)17-10-12-4-3-7-15-9-12/h5-6,8,12,15H,3-4,7,9-10H2,1-2H3. The number of aryl methyl sites for hydroxylation is 1. The number of methoxy groups -OCH3 is 1. The molecule has 1 aromatic carbocycles. The Kier molecular flexibility index (Phi) is 4.75. The second-order valence-electron chi connectivity index (χ2n) is 4.65. The molecule has 1 aromatic rings. The maximum Gasteiger partial charge on any atom is 0.119 e. The van der Waals surface area contributed by atoms with Crippen LogP contribution in [0.4, 0.5) is 0 Å². The molecule has 1 aliphatic heterocycles. The van der Waals surface area contributed by atoms with Gasteiger partial charge in [-0.3, -0.25) is 0 Å². The van der Waals surface area contributed by atoms with Crippen molar-refractivity contribution >= 4 is 11.8 Å². The summed E-state index contributed by atoms with van der Waals surface area (Å²) in [7, 11) is 1.72. The summed E-state index contributed by atoms with van der Waals surface area (Å²) in [6, 6.07) is 6.34. The Bertz CT molecular complexity index is 361. The van der Waals surface area contributed by atoms with Crippen LogP contribution in [0.1, 0.15) is 18.4 Å². The fraction of sp³-hybridized carbons (Fsp3) is 0.571. The van der Waals surface area contributed by atoms with Crippen molar-refractivity contribution in [2.45, 2.75) is 24.7 Å². The molecule has 0 amide bonds. The average molecular weight is 251 g/mol. The van der Waals surface area contributed by atoms with E-state index in [9.17, 15) is 0 Å². The van der Waals surface area contributed by atoms with E-state index in [1.54, 1.807) is 7.11 Å². The zero-order chi connectivity index (χ0) is 12.1. The van der Waals surface area contributed by atoms with Crippen LogP contribution in [0, 0.1) is 12.8 Å². The molecule has 1 saturated heterocycles. The minimum absolute atomic E-state index is 0.829. The van der Waals surface area contributed by atoms with Gasteiger partial charge in [-0.05, 0) is 62.5 Å². The molecular formula is C14H21NOS. The molecule has 0 aromatic heterocycles. The number of benzene rings is 1. The van der Waals surface area contributed by atoms with Gasteiger partial charge in [-0.25, -0.2) is 0 Å². The lowest BCUT2D eigenvalue weighted by Crippen LogP contribution is -2.30. The molecule has 2 nitrogen and oxygen atoms in total. The SMILES string of the molecule is COc1ccc(SCC2CCCNC2)c(C)c1. The van der Waals surface area contributed by atoms with Crippen LogP contribution in [-0.2, 0) is 0 Å². The van der Waals surface area contributed by atoms with Crippen molar-refractivity contribution < 1.29 is 4.74 Å². The predicted molar refractivity (Wildman–Crippen MR) is 74.0 cm³/mol. The van der Waals surface area contributed by atoms with E-state index in [1.807, 2.05) is 11.8 Å². The van der Waals surface area contributed by atoms with Gasteiger partial charge in [0.25, 0.3) is 0 Å². The summed E-state index contributed by atoms with van der Waals surface area (Å²) in [6.45, 7) is 4.54. The van der Waals surface area contributed by atoms with Crippen molar-refractivity contribution in [2.75, 3.05) is 26.0 Å². The van der Waals surface area contributed by atoms with Gasteiger partial charge < -0.3 is 10.1 Å². The molecule has 1 unspecified atom stereocenters. The molecule has 1 heterocycles. The van der Waals surface area contributed by atoms with Crippen LogP contribution in [0.3, 0.4) is 0 Å². The smallest absolute Gasteiger partial charge is 0.119 e. The van der Waals surface area contributed by atoms with E-state index >= 15 is 0 Å². The molecule has 0 spiro atoms. The lowest BCUT2D eigenvalue weighted by molar-refractivity contribution is 0.410. The van der Waals surface area contributed by atoms with E-state index in [4.69, 9.17) is 4.74 Å². The molecule has 2 rings (SSSR count). The van der Waals surface area contributed by atoms with Gasteiger partial charge in [0.05, 0.1) is 7.11 Å². The fourth-order valence-corrected chi connectivity index (χ4v) is 3.34. The molecule has 1 N–H and O–H groups in total. The Labute approximate surface area is 108 Å². The average Bonchev–Trinajstić information content (AvgIpc) is 2.38. The van der Waals surface area contributed by atoms with E-state index in [1.165, 1.54) is 42.1 Å². The van der Waals surface area contributed by atoms with Gasteiger partial charge in [-0.1, -0.05) is 0 Å². The Morgan fingerprint density at radius 2 is 2.35 bits per heavy atom. The molecule has 17 heavy (non-hydrogen) atoms. The Hall–Kier alpha value is -0.670. The summed E-state index contributed by atoms with van der Waals surface area (Å²) in [5, 5.41) is 3.47. The minimum atomic E-state index is 0.829. The first-order valence-corrected chi connectivity index (χ1v) is 7.26. The molecule has 3 heteroatoms.